The van der Waals surface area contributed by atoms with E-state index in [0.717, 1.165) is 6.42 Å². The molecule has 1 aromatic rings. The van der Waals surface area contributed by atoms with Crippen molar-refractivity contribution in [1.82, 2.24) is 14.8 Å². The Kier molecular flexibility index (Phi) is 3.42. The fourth-order valence-electron chi connectivity index (χ4n) is 0.951. The molecule has 0 aliphatic rings. The van der Waals surface area contributed by atoms with Crippen molar-refractivity contribution in [1.29, 1.82) is 0 Å². The lowest BCUT2D eigenvalue weighted by Gasteiger charge is -2.23. The lowest BCUT2D eigenvalue weighted by molar-refractivity contribution is -0.128. The number of hydrogen-bond acceptors (Lipinski definition) is 3. The Balaban J connectivity index is 2.81. The second kappa shape index (κ2) is 4.21. The van der Waals surface area contributed by atoms with E-state index in [1.807, 2.05) is 20.8 Å². The van der Waals surface area contributed by atoms with E-state index in [1.165, 1.54) is 17.3 Å². The predicted octanol–water partition coefficient (Wildman–Crippen LogP) is 2.18. The van der Waals surface area contributed by atoms with E-state index in [9.17, 15) is 4.79 Å². The van der Waals surface area contributed by atoms with Crippen LogP contribution in [-0.2, 0) is 4.79 Å². The summed E-state index contributed by atoms with van der Waals surface area (Å²) in [6.07, 6.45) is 3.76. The summed E-state index contributed by atoms with van der Waals surface area (Å²) in [5.41, 5.74) is -0.333. The number of hydrogen-bond donors (Lipinski definition) is 0. The van der Waals surface area contributed by atoms with E-state index in [0.29, 0.717) is 0 Å². The SMILES string of the molecule is CCC(C)(C)C(=O)C(Br)n1cncn1. The third-order valence-corrected chi connectivity index (χ3v) is 3.27. The predicted molar refractivity (Wildman–Crippen MR) is 57.1 cm³/mol. The van der Waals surface area contributed by atoms with Gasteiger partial charge in [0, 0.05) is 5.41 Å². The molecule has 0 spiro atoms. The van der Waals surface area contributed by atoms with Crippen molar-refractivity contribution in [3.05, 3.63) is 12.7 Å². The van der Waals surface area contributed by atoms with Gasteiger partial charge in [0.25, 0.3) is 0 Å². The van der Waals surface area contributed by atoms with E-state index >= 15 is 0 Å². The minimum atomic E-state index is -0.417. The number of carbonyl (C=O) groups is 1. The summed E-state index contributed by atoms with van der Waals surface area (Å²) in [5, 5.41) is 3.92. The molecule has 0 aliphatic carbocycles. The molecule has 1 aromatic heterocycles. The molecule has 4 nitrogen and oxygen atoms in total. The highest BCUT2D eigenvalue weighted by Crippen LogP contribution is 2.30. The first-order valence-electron chi connectivity index (χ1n) is 4.51. The van der Waals surface area contributed by atoms with Crippen LogP contribution in [-0.4, -0.2) is 20.5 Å². The van der Waals surface area contributed by atoms with E-state index in [4.69, 9.17) is 0 Å². The first-order chi connectivity index (χ1) is 6.49. The van der Waals surface area contributed by atoms with Crippen molar-refractivity contribution >= 4 is 21.7 Å². The van der Waals surface area contributed by atoms with Gasteiger partial charge in [-0.2, -0.15) is 5.10 Å². The highest BCUT2D eigenvalue weighted by atomic mass is 79.9. The number of aromatic nitrogens is 3. The Bertz CT molecular complexity index is 308. The zero-order chi connectivity index (χ0) is 10.8. The number of Topliss-reactive ketones (excluding diaryl/α,β-unsaturated/α-hetero) is 1. The smallest absolute Gasteiger partial charge is 0.173 e. The van der Waals surface area contributed by atoms with Gasteiger partial charge in [-0.1, -0.05) is 36.7 Å². The van der Waals surface area contributed by atoms with Crippen LogP contribution < -0.4 is 0 Å². The van der Waals surface area contributed by atoms with Crippen molar-refractivity contribution in [2.45, 2.75) is 32.1 Å². The van der Waals surface area contributed by atoms with Crippen LogP contribution >= 0.6 is 15.9 Å². The molecule has 0 saturated heterocycles. The lowest BCUT2D eigenvalue weighted by Crippen LogP contribution is -2.29. The third kappa shape index (κ3) is 2.20. The van der Waals surface area contributed by atoms with Crippen molar-refractivity contribution in [2.24, 2.45) is 5.41 Å². The van der Waals surface area contributed by atoms with Crippen LogP contribution in [0.3, 0.4) is 0 Å². The molecule has 1 unspecified atom stereocenters. The number of rotatable bonds is 4. The molecule has 0 bridgehead atoms. The molecule has 1 atom stereocenters. The van der Waals surface area contributed by atoms with Gasteiger partial charge >= 0.3 is 0 Å². The largest absolute Gasteiger partial charge is 0.296 e. The van der Waals surface area contributed by atoms with Gasteiger partial charge in [0.2, 0.25) is 0 Å². The van der Waals surface area contributed by atoms with Crippen LogP contribution in [0, 0.1) is 5.41 Å². The van der Waals surface area contributed by atoms with E-state index in [2.05, 4.69) is 26.0 Å². The molecule has 14 heavy (non-hydrogen) atoms. The van der Waals surface area contributed by atoms with Crippen molar-refractivity contribution in [2.75, 3.05) is 0 Å². The van der Waals surface area contributed by atoms with Gasteiger partial charge in [-0.25, -0.2) is 9.67 Å². The van der Waals surface area contributed by atoms with E-state index < -0.39 is 4.95 Å². The molecular weight excluding hydrogens is 246 g/mol. The standard InChI is InChI=1S/C9H14BrN3O/c1-4-9(2,3)7(14)8(10)13-6-11-5-12-13/h5-6,8H,4H2,1-3H3. The van der Waals surface area contributed by atoms with Crippen molar-refractivity contribution in [3.8, 4) is 0 Å². The fourth-order valence-corrected chi connectivity index (χ4v) is 1.78. The number of carbonyl (C=O) groups excluding carboxylic acids is 1. The van der Waals surface area contributed by atoms with Gasteiger partial charge in [-0.15, -0.1) is 0 Å². The van der Waals surface area contributed by atoms with Gasteiger partial charge in [-0.3, -0.25) is 4.79 Å². The molecular formula is C9H14BrN3O. The summed E-state index contributed by atoms with van der Waals surface area (Å²) < 4.78 is 1.51. The maximum absolute atomic E-state index is 12.0. The zero-order valence-electron chi connectivity index (χ0n) is 8.57. The van der Waals surface area contributed by atoms with Crippen molar-refractivity contribution in [3.63, 3.8) is 0 Å². The first kappa shape index (κ1) is 11.4. The minimum Gasteiger partial charge on any atom is -0.296 e. The topological polar surface area (TPSA) is 47.8 Å². The van der Waals surface area contributed by atoms with Crippen LogP contribution in [0.2, 0.25) is 0 Å². The highest BCUT2D eigenvalue weighted by molar-refractivity contribution is 9.09. The summed E-state index contributed by atoms with van der Waals surface area (Å²) in [7, 11) is 0. The van der Waals surface area contributed by atoms with E-state index in [1.54, 1.807) is 0 Å². The number of nitrogens with zero attached hydrogens (tertiary/aromatic N) is 3. The number of alkyl halides is 1. The van der Waals surface area contributed by atoms with Crippen LogP contribution in [0.4, 0.5) is 0 Å². The molecule has 1 heterocycles. The summed E-state index contributed by atoms with van der Waals surface area (Å²) in [6.45, 7) is 5.86. The van der Waals surface area contributed by atoms with Crippen LogP contribution in [0.15, 0.2) is 12.7 Å². The molecule has 78 valence electrons. The van der Waals surface area contributed by atoms with Gasteiger partial charge in [0.05, 0.1) is 0 Å². The first-order valence-corrected chi connectivity index (χ1v) is 5.43. The second-order valence-corrected chi connectivity index (χ2v) is 4.68. The summed E-state index contributed by atoms with van der Waals surface area (Å²) in [6, 6.07) is 0. The maximum atomic E-state index is 12.0. The lowest BCUT2D eigenvalue weighted by atomic mass is 9.85. The second-order valence-electron chi connectivity index (χ2n) is 3.81. The summed E-state index contributed by atoms with van der Waals surface area (Å²) in [5.74, 6) is 0.116. The van der Waals surface area contributed by atoms with Gasteiger partial charge in [0.15, 0.2) is 10.7 Å². The quantitative estimate of drug-likeness (QED) is 0.779. The monoisotopic (exact) mass is 259 g/mol. The molecule has 0 saturated carbocycles. The molecule has 1 rings (SSSR count). The zero-order valence-corrected chi connectivity index (χ0v) is 10.2. The van der Waals surface area contributed by atoms with Crippen LogP contribution in [0.25, 0.3) is 0 Å². The van der Waals surface area contributed by atoms with Gasteiger partial charge in [-0.05, 0) is 6.42 Å². The maximum Gasteiger partial charge on any atom is 0.173 e. The minimum absolute atomic E-state index is 0.116. The van der Waals surface area contributed by atoms with E-state index in [-0.39, 0.29) is 11.2 Å². The summed E-state index contributed by atoms with van der Waals surface area (Å²) in [4.78, 5) is 15.3. The highest BCUT2D eigenvalue weighted by Gasteiger charge is 2.31. The van der Waals surface area contributed by atoms with Crippen LogP contribution in [0.5, 0.6) is 0 Å². The molecule has 0 aliphatic heterocycles. The molecule has 0 radical (unpaired) electrons. The van der Waals surface area contributed by atoms with Crippen molar-refractivity contribution < 1.29 is 4.79 Å². The Labute approximate surface area is 91.8 Å². The molecule has 0 N–H and O–H groups in total. The molecule has 0 aromatic carbocycles. The molecule has 5 heteroatoms. The Morgan fingerprint density at radius 1 is 1.64 bits per heavy atom. The third-order valence-electron chi connectivity index (χ3n) is 2.44. The number of halogens is 1. The molecule has 0 fully saturated rings. The summed E-state index contributed by atoms with van der Waals surface area (Å²) >= 11 is 3.32. The average molecular weight is 260 g/mol. The molecule has 0 amide bonds. The Hall–Kier alpha value is -0.710. The van der Waals surface area contributed by atoms with Crippen LogP contribution in [0.1, 0.15) is 32.1 Å². The average Bonchev–Trinajstić information content (AvgIpc) is 2.68. The normalized spacial score (nSPS) is 14.0. The number of ketones is 1. The Morgan fingerprint density at radius 3 is 2.71 bits per heavy atom. The van der Waals surface area contributed by atoms with Gasteiger partial charge in [0.1, 0.15) is 12.7 Å². The fraction of sp³-hybridized carbons (Fsp3) is 0.667. The van der Waals surface area contributed by atoms with Gasteiger partial charge < -0.3 is 0 Å². The Morgan fingerprint density at radius 2 is 2.29 bits per heavy atom.